The summed E-state index contributed by atoms with van der Waals surface area (Å²) in [6, 6.07) is 86.6. The van der Waals surface area contributed by atoms with Crippen molar-refractivity contribution in [3.8, 4) is 0 Å². The van der Waals surface area contributed by atoms with Gasteiger partial charge in [-0.15, -0.1) is 0 Å². The molecular formula is C56H54O12Si9. The maximum Gasteiger partial charge on any atom is 0.520 e. The van der Waals surface area contributed by atoms with Crippen LogP contribution in [0.25, 0.3) is 0 Å². The Balaban J connectivity index is 1.27. The van der Waals surface area contributed by atoms with Crippen LogP contribution in [0.4, 0.5) is 0 Å². The molecule has 0 amide bonds. The van der Waals surface area contributed by atoms with Crippen LogP contribution in [0, 0.1) is 0 Å². The summed E-state index contributed by atoms with van der Waals surface area (Å²) in [6.07, 6.45) is 0. The second-order valence-corrected chi connectivity index (χ2v) is 43.8. The van der Waals surface area contributed by atoms with Crippen LogP contribution in [0.2, 0.25) is 13.1 Å². The molecule has 0 radical (unpaired) electrons. The lowest BCUT2D eigenvalue weighted by atomic mass is 10.4. The van der Waals surface area contributed by atoms with Crippen LogP contribution in [0.15, 0.2) is 273 Å². The zero-order valence-electron chi connectivity index (χ0n) is 42.1. The molecule has 3 heterocycles. The fourth-order valence-corrected chi connectivity index (χ4v) is 53.3. The molecule has 3 saturated heterocycles. The molecule has 9 aromatic carbocycles. The summed E-state index contributed by atoms with van der Waals surface area (Å²) in [5.74, 6) is 0. The second-order valence-electron chi connectivity index (χ2n) is 18.7. The van der Waals surface area contributed by atoms with E-state index in [-0.39, 0.29) is 0 Å². The lowest BCUT2D eigenvalue weighted by molar-refractivity contribution is 0.0382. The minimum Gasteiger partial charge on any atom is -0.411 e. The van der Waals surface area contributed by atoms with Gasteiger partial charge in [-0.3, -0.25) is 0 Å². The van der Waals surface area contributed by atoms with Crippen LogP contribution in [0.5, 0.6) is 0 Å². The third-order valence-electron chi connectivity index (χ3n) is 13.5. The van der Waals surface area contributed by atoms with E-state index in [0.29, 0.717) is 36.3 Å². The fourth-order valence-electron chi connectivity index (χ4n) is 9.76. The Morgan fingerprint density at radius 3 is 0.740 bits per heavy atom. The van der Waals surface area contributed by atoms with Crippen LogP contribution in [0.1, 0.15) is 0 Å². The first-order valence-electron chi connectivity index (χ1n) is 25.5. The number of rotatable bonds is 13. The maximum absolute atomic E-state index is 14.4. The van der Waals surface area contributed by atoms with E-state index in [1.165, 1.54) is 0 Å². The predicted molar refractivity (Wildman–Crippen MR) is 315 cm³/mol. The Bertz CT molecular complexity index is 3220. The van der Waals surface area contributed by atoms with Gasteiger partial charge in [-0.05, 0) is 23.5 Å². The third-order valence-corrected chi connectivity index (χ3v) is 48.2. The maximum atomic E-state index is 14.4. The topological polar surface area (TPSA) is 122 Å². The molecule has 6 unspecified atom stereocenters. The molecule has 0 aromatic heterocycles. The van der Waals surface area contributed by atoms with Crippen molar-refractivity contribution in [3.05, 3.63) is 273 Å². The molecule has 12 rings (SSSR count). The summed E-state index contributed by atoms with van der Waals surface area (Å²) in [7, 11) is -39.8. The largest absolute Gasteiger partial charge is 0.520 e. The minimum absolute atomic E-state index is 0.332. The van der Waals surface area contributed by atoms with Gasteiger partial charge in [0.25, 0.3) is 0 Å². The predicted octanol–water partition coefficient (Wildman–Crippen LogP) is 3.65. The fraction of sp³-hybridized carbons (Fsp3) is 0.0357. The Morgan fingerprint density at radius 1 is 0.260 bits per heavy atom. The summed E-state index contributed by atoms with van der Waals surface area (Å²) in [6.45, 7) is 4.19. The average molecular weight is 1170 g/mol. The zero-order valence-corrected chi connectivity index (χ0v) is 51.4. The zero-order chi connectivity index (χ0) is 52.4. The number of fused-ring (bicyclic) bond motifs is 3. The van der Waals surface area contributed by atoms with Gasteiger partial charge in [-0.1, -0.05) is 273 Å². The normalized spacial score (nSPS) is 28.9. The highest BCUT2D eigenvalue weighted by Gasteiger charge is 2.80. The van der Waals surface area contributed by atoms with Gasteiger partial charge in [-0.2, -0.15) is 0 Å². The van der Waals surface area contributed by atoms with E-state index < -0.39 is 79.7 Å². The van der Waals surface area contributed by atoms with Gasteiger partial charge in [-0.25, -0.2) is 0 Å². The first-order valence-corrected chi connectivity index (χ1v) is 42.0. The smallest absolute Gasteiger partial charge is 0.411 e. The van der Waals surface area contributed by atoms with Crippen molar-refractivity contribution in [2.24, 2.45) is 0 Å². The highest BCUT2D eigenvalue weighted by Crippen LogP contribution is 2.43. The molecule has 0 saturated carbocycles. The van der Waals surface area contributed by atoms with E-state index in [0.717, 1.165) is 10.4 Å². The van der Waals surface area contributed by atoms with Gasteiger partial charge in [0.15, 0.2) is 18.1 Å². The van der Waals surface area contributed by atoms with E-state index in [4.69, 9.17) is 45.3 Å². The molecule has 0 spiro atoms. The summed E-state index contributed by atoms with van der Waals surface area (Å²) in [5, 5.41) is 5.42. The summed E-state index contributed by atoms with van der Waals surface area (Å²) < 4.78 is 89.1. The van der Waals surface area contributed by atoms with Crippen molar-refractivity contribution in [2.75, 3.05) is 0 Å². The van der Waals surface area contributed by atoms with Gasteiger partial charge < -0.3 is 50.1 Å². The van der Waals surface area contributed by atoms with Crippen molar-refractivity contribution >= 4 is 126 Å². The van der Waals surface area contributed by atoms with Crippen LogP contribution < -0.4 is 46.7 Å². The van der Waals surface area contributed by atoms with Gasteiger partial charge in [0.05, 0.1) is 0 Å². The quantitative estimate of drug-likeness (QED) is 0.170. The Labute approximate surface area is 459 Å². The third kappa shape index (κ3) is 10.1. The van der Waals surface area contributed by atoms with Gasteiger partial charge in [0, 0.05) is 36.3 Å². The molecule has 1 N–H and O–H groups in total. The monoisotopic (exact) mass is 1170 g/mol. The summed E-state index contributed by atoms with van der Waals surface area (Å²) >= 11 is 0. The molecule has 3 aliphatic rings. The second kappa shape index (κ2) is 21.6. The molecule has 9 aromatic rings. The van der Waals surface area contributed by atoms with E-state index in [1.807, 2.05) is 237 Å². The SMILES string of the molecule is C[SiH](O[Si]1(c2ccccc2)O[Si]2(c3ccccc3)O[Si](O)(c3ccccc3)O[Si]3(c4ccccc4)O[Si](O[SiH](C)c4ccccc4)(c4ccccc4)O[Si](c4ccccc4)(O1)O[Si](c1ccccc1)(O2)O3)c1ccccc1. The Morgan fingerprint density at radius 2 is 0.468 bits per heavy atom. The standard InChI is InChI=1S/C56H54O12Si9/c1-69(48-30-12-3-13-31-48)58-72(51-36-18-6-19-37-51)62-74(53-40-22-8-23-41-53)60-71(57,50-34-16-5-17-35-50)61-75(54-42-24-9-25-43-54)63-73(52-38-20-7-21-39-52,59-70(2)49-32-14-4-15-33-49)65-76(64-72,55-44-26-10-27-45-55)68-77(66-74,67-75)56-46-28-11-29-47-56/h3-47,57,69-70H,1-2H3. The van der Waals surface area contributed by atoms with Crippen LogP contribution in [-0.4, -0.2) is 84.5 Å². The number of benzene rings is 9. The average Bonchev–Trinajstić information content (AvgIpc) is 3.65. The molecule has 21 heteroatoms. The molecule has 77 heavy (non-hydrogen) atoms. The number of hydrogen-bond donors (Lipinski definition) is 1. The lowest BCUT2D eigenvalue weighted by Crippen LogP contribution is -2.91. The van der Waals surface area contributed by atoms with E-state index >= 15 is 0 Å². The Kier molecular flexibility index (Phi) is 14.6. The van der Waals surface area contributed by atoms with Gasteiger partial charge >= 0.3 is 61.6 Å². The van der Waals surface area contributed by atoms with E-state index in [9.17, 15) is 4.80 Å². The van der Waals surface area contributed by atoms with Crippen molar-refractivity contribution in [2.45, 2.75) is 13.1 Å². The van der Waals surface area contributed by atoms with Crippen LogP contribution in [-0.2, 0) is 45.3 Å². The Hall–Kier alpha value is -5.55. The molecule has 4 bridgehead atoms. The summed E-state index contributed by atoms with van der Waals surface area (Å²) in [5.41, 5.74) is 0. The summed E-state index contributed by atoms with van der Waals surface area (Å²) in [4.78, 5) is 14.4. The number of hydrogen-bond acceptors (Lipinski definition) is 12. The highest BCUT2D eigenvalue weighted by atomic mass is 28.6. The first kappa shape index (κ1) is 52.2. The van der Waals surface area contributed by atoms with Crippen molar-refractivity contribution < 1.29 is 50.1 Å². The van der Waals surface area contributed by atoms with Crippen LogP contribution in [0.3, 0.4) is 0 Å². The van der Waals surface area contributed by atoms with Gasteiger partial charge in [0.2, 0.25) is 0 Å². The minimum atomic E-state index is -5.11. The molecule has 386 valence electrons. The molecule has 3 fully saturated rings. The van der Waals surface area contributed by atoms with Crippen molar-refractivity contribution in [3.63, 3.8) is 0 Å². The lowest BCUT2D eigenvalue weighted by Gasteiger charge is -2.57. The molecule has 6 atom stereocenters. The molecule has 3 aliphatic heterocycles. The van der Waals surface area contributed by atoms with Crippen LogP contribution >= 0.6 is 0 Å². The van der Waals surface area contributed by atoms with Crippen molar-refractivity contribution in [1.82, 2.24) is 0 Å². The highest BCUT2D eigenvalue weighted by molar-refractivity contribution is 7.10. The van der Waals surface area contributed by atoms with E-state index in [2.05, 4.69) is 37.4 Å². The molecule has 12 nitrogen and oxygen atoms in total. The van der Waals surface area contributed by atoms with E-state index in [1.54, 1.807) is 12.1 Å². The first-order chi connectivity index (χ1) is 37.6. The van der Waals surface area contributed by atoms with Crippen molar-refractivity contribution in [1.29, 1.82) is 0 Å². The van der Waals surface area contributed by atoms with Gasteiger partial charge in [0.1, 0.15) is 0 Å². The molecule has 0 aliphatic carbocycles. The molecular weight excluding hydrogens is 1120 g/mol.